The zero-order valence-corrected chi connectivity index (χ0v) is 8.03. The number of furan rings is 2. The molecule has 0 aromatic carbocycles. The van der Waals surface area contributed by atoms with Crippen molar-refractivity contribution in [2.75, 3.05) is 6.61 Å². The number of benzene rings is 1. The Kier molecular flexibility index (Phi) is 3.73. The monoisotopic (exact) mass is 192 g/mol. The van der Waals surface area contributed by atoms with Gasteiger partial charge in [0.05, 0.1) is 6.61 Å². The lowest BCUT2D eigenvalue weighted by molar-refractivity contribution is -0.137. The molecule has 2 aromatic rings. The highest BCUT2D eigenvalue weighted by Gasteiger charge is 1.91. The molecule has 0 atom stereocenters. The van der Waals surface area contributed by atoms with Crippen LogP contribution in [-0.4, -0.2) is 12.6 Å². The molecule has 14 heavy (non-hydrogen) atoms. The van der Waals surface area contributed by atoms with Crippen molar-refractivity contribution in [2.45, 2.75) is 6.92 Å². The van der Waals surface area contributed by atoms with Gasteiger partial charge in [0.2, 0.25) is 0 Å². The molecule has 0 saturated heterocycles. The first kappa shape index (κ1) is 10.3. The van der Waals surface area contributed by atoms with Gasteiger partial charge >= 0.3 is 5.97 Å². The minimum absolute atomic E-state index is 0.359. The topological polar surface area (TPSA) is 39.4 Å². The summed E-state index contributed by atoms with van der Waals surface area (Å²) in [5.74, 6) is -0.359. The summed E-state index contributed by atoms with van der Waals surface area (Å²) in [5, 5.41) is 0. The molecule has 2 heterocycles. The summed E-state index contributed by atoms with van der Waals surface area (Å²) in [6.07, 6.45) is 1.14. The number of esters is 1. The predicted molar refractivity (Wildman–Crippen MR) is 54.2 cm³/mol. The quantitative estimate of drug-likeness (QED) is 0.542. The Morgan fingerprint density at radius 2 is 1.93 bits per heavy atom. The molecule has 0 aliphatic heterocycles. The van der Waals surface area contributed by atoms with E-state index in [4.69, 9.17) is 4.42 Å². The first-order valence-electron chi connectivity index (χ1n) is 4.33. The van der Waals surface area contributed by atoms with Gasteiger partial charge in [0, 0.05) is 6.08 Å². The molecular formula is C11H12O3. The molecule has 0 unspecified atom stereocenters. The Morgan fingerprint density at radius 1 is 1.43 bits per heavy atom. The van der Waals surface area contributed by atoms with Gasteiger partial charge in [-0.1, -0.05) is 6.58 Å². The maximum atomic E-state index is 10.1. The lowest BCUT2D eigenvalue weighted by Crippen LogP contribution is -1.97. The van der Waals surface area contributed by atoms with Gasteiger partial charge in [-0.2, -0.15) is 0 Å². The molecule has 3 nitrogen and oxygen atoms in total. The lowest BCUT2D eigenvalue weighted by atomic mass is 10.4. The zero-order valence-electron chi connectivity index (χ0n) is 8.03. The molecule has 0 N–H and O–H groups in total. The molecular weight excluding hydrogens is 180 g/mol. The molecule has 0 saturated carbocycles. The van der Waals surface area contributed by atoms with Crippen LogP contribution >= 0.6 is 0 Å². The van der Waals surface area contributed by atoms with E-state index in [1.807, 2.05) is 24.3 Å². The summed E-state index contributed by atoms with van der Waals surface area (Å²) >= 11 is 0. The molecule has 2 aromatic heterocycles. The highest BCUT2D eigenvalue weighted by atomic mass is 16.5. The van der Waals surface area contributed by atoms with E-state index < -0.39 is 0 Å². The summed E-state index contributed by atoms with van der Waals surface area (Å²) in [6.45, 7) is 5.38. The van der Waals surface area contributed by atoms with E-state index in [1.165, 1.54) is 0 Å². The molecule has 2 rings (SSSR count). The maximum Gasteiger partial charge on any atom is 0.330 e. The van der Waals surface area contributed by atoms with Gasteiger partial charge < -0.3 is 9.15 Å². The first-order chi connectivity index (χ1) is 6.76. The van der Waals surface area contributed by atoms with E-state index in [2.05, 4.69) is 11.3 Å². The van der Waals surface area contributed by atoms with Crippen LogP contribution in [0.2, 0.25) is 0 Å². The molecule has 2 bridgehead atoms. The van der Waals surface area contributed by atoms with Crippen LogP contribution < -0.4 is 0 Å². The lowest BCUT2D eigenvalue weighted by Gasteiger charge is -1.90. The fourth-order valence-corrected chi connectivity index (χ4v) is 0.913. The molecule has 0 aliphatic carbocycles. The zero-order chi connectivity index (χ0) is 10.4. The van der Waals surface area contributed by atoms with Crippen molar-refractivity contribution >= 4 is 17.1 Å². The fraction of sp³-hybridized carbons (Fsp3) is 0.182. The second kappa shape index (κ2) is 5.07. The Balaban J connectivity index is 0.000000140. The summed E-state index contributed by atoms with van der Waals surface area (Å²) in [7, 11) is 0. The standard InChI is InChI=1S/C6H4O.C5H8O2/c1-2-6-4-3-5(1)7-6;1-3-5(6)7-4-2/h1-4H;3H,1,4H2,2H3. The van der Waals surface area contributed by atoms with E-state index in [0.717, 1.165) is 17.2 Å². The van der Waals surface area contributed by atoms with Gasteiger partial charge in [0.15, 0.2) is 0 Å². The summed E-state index contributed by atoms with van der Waals surface area (Å²) in [4.78, 5) is 10.1. The van der Waals surface area contributed by atoms with E-state index in [-0.39, 0.29) is 5.97 Å². The largest absolute Gasteiger partial charge is 0.463 e. The number of ether oxygens (including phenoxy) is 1. The molecule has 0 fully saturated rings. The molecule has 0 spiro atoms. The average molecular weight is 192 g/mol. The van der Waals surface area contributed by atoms with Gasteiger partial charge in [0.25, 0.3) is 0 Å². The van der Waals surface area contributed by atoms with Gasteiger partial charge in [-0.25, -0.2) is 4.79 Å². The van der Waals surface area contributed by atoms with Gasteiger partial charge in [-0.05, 0) is 31.2 Å². The van der Waals surface area contributed by atoms with E-state index >= 15 is 0 Å². The van der Waals surface area contributed by atoms with Crippen molar-refractivity contribution < 1.29 is 13.9 Å². The normalized spacial score (nSPS) is 9.21. The van der Waals surface area contributed by atoms with Crippen molar-refractivity contribution in [3.63, 3.8) is 0 Å². The van der Waals surface area contributed by atoms with Crippen molar-refractivity contribution in [3.05, 3.63) is 36.9 Å². The average Bonchev–Trinajstić information content (AvgIpc) is 2.82. The van der Waals surface area contributed by atoms with Crippen LogP contribution in [0.15, 0.2) is 41.3 Å². The Labute approximate surface area is 82.3 Å². The second-order valence-electron chi connectivity index (χ2n) is 2.53. The fourth-order valence-electron chi connectivity index (χ4n) is 0.913. The molecule has 0 amide bonds. The number of hydrogen-bond acceptors (Lipinski definition) is 3. The minimum atomic E-state index is -0.359. The summed E-state index contributed by atoms with van der Waals surface area (Å²) in [5.41, 5.74) is 1.94. The molecule has 74 valence electrons. The van der Waals surface area contributed by atoms with Crippen LogP contribution in [0, 0.1) is 0 Å². The Hall–Kier alpha value is -1.77. The smallest absolute Gasteiger partial charge is 0.330 e. The third kappa shape index (κ3) is 2.94. The van der Waals surface area contributed by atoms with Crippen LogP contribution in [0.3, 0.4) is 0 Å². The summed E-state index contributed by atoms with van der Waals surface area (Å²) in [6, 6.07) is 7.81. The van der Waals surface area contributed by atoms with Gasteiger partial charge in [-0.3, -0.25) is 0 Å². The number of hydrogen-bond donors (Lipinski definition) is 0. The predicted octanol–water partition coefficient (Wildman–Crippen LogP) is 2.61. The summed E-state index contributed by atoms with van der Waals surface area (Å²) < 4.78 is 9.52. The van der Waals surface area contributed by atoms with Crippen molar-refractivity contribution in [2.24, 2.45) is 0 Å². The van der Waals surface area contributed by atoms with Crippen LogP contribution in [-0.2, 0) is 9.53 Å². The Morgan fingerprint density at radius 3 is 2.07 bits per heavy atom. The SMILES string of the molecule is C=CC(=O)OCC.c1cc2ccc1o2. The first-order valence-corrected chi connectivity index (χ1v) is 4.33. The van der Waals surface area contributed by atoms with Crippen LogP contribution in [0.25, 0.3) is 11.2 Å². The number of rotatable bonds is 2. The molecule has 3 heteroatoms. The Bertz CT molecular complexity index is 344. The van der Waals surface area contributed by atoms with E-state index in [0.29, 0.717) is 6.61 Å². The number of carbonyl (C=O) groups excluding carboxylic acids is 1. The van der Waals surface area contributed by atoms with Gasteiger partial charge in [0.1, 0.15) is 11.2 Å². The molecule has 0 radical (unpaired) electrons. The van der Waals surface area contributed by atoms with Crippen molar-refractivity contribution in [1.29, 1.82) is 0 Å². The maximum absolute atomic E-state index is 10.1. The van der Waals surface area contributed by atoms with Gasteiger partial charge in [-0.15, -0.1) is 0 Å². The minimum Gasteiger partial charge on any atom is -0.463 e. The number of carbonyl (C=O) groups is 1. The molecule has 0 aliphatic rings. The second-order valence-corrected chi connectivity index (χ2v) is 2.53. The van der Waals surface area contributed by atoms with Crippen molar-refractivity contribution in [3.8, 4) is 0 Å². The number of fused-ring (bicyclic) bond motifs is 2. The highest BCUT2D eigenvalue weighted by Crippen LogP contribution is 2.13. The third-order valence-electron chi connectivity index (χ3n) is 1.51. The van der Waals surface area contributed by atoms with Crippen molar-refractivity contribution in [1.82, 2.24) is 0 Å². The highest BCUT2D eigenvalue weighted by molar-refractivity contribution is 5.81. The van der Waals surface area contributed by atoms with Crippen LogP contribution in [0.5, 0.6) is 0 Å². The van der Waals surface area contributed by atoms with E-state index in [9.17, 15) is 4.79 Å². The van der Waals surface area contributed by atoms with E-state index in [1.54, 1.807) is 6.92 Å². The third-order valence-corrected chi connectivity index (χ3v) is 1.51. The van der Waals surface area contributed by atoms with Crippen LogP contribution in [0.1, 0.15) is 6.92 Å². The van der Waals surface area contributed by atoms with Crippen LogP contribution in [0.4, 0.5) is 0 Å².